The zero-order valence-electron chi connectivity index (χ0n) is 13.0. The number of fused-ring (bicyclic) bond motifs is 1. The van der Waals surface area contributed by atoms with Gasteiger partial charge in [-0.15, -0.1) is 0 Å². The van der Waals surface area contributed by atoms with Crippen LogP contribution in [0.25, 0.3) is 0 Å². The van der Waals surface area contributed by atoms with Gasteiger partial charge in [0, 0.05) is 25.7 Å². The highest BCUT2D eigenvalue weighted by Gasteiger charge is 2.50. The molecule has 1 atom stereocenters. The number of carbonyl (C=O) groups is 2. The van der Waals surface area contributed by atoms with E-state index >= 15 is 0 Å². The highest BCUT2D eigenvalue weighted by atomic mass is 32.2. The Hall–Kier alpha value is -1.93. The summed E-state index contributed by atoms with van der Waals surface area (Å²) >= 11 is 0. The van der Waals surface area contributed by atoms with E-state index in [1.807, 2.05) is 0 Å². The van der Waals surface area contributed by atoms with E-state index in [0.29, 0.717) is 0 Å². The topological polar surface area (TPSA) is 78.0 Å². The number of piperazine rings is 1. The summed E-state index contributed by atoms with van der Waals surface area (Å²) in [5.74, 6) is -0.321. The second-order valence-electron chi connectivity index (χ2n) is 5.97. The van der Waals surface area contributed by atoms with Crippen molar-refractivity contribution in [2.45, 2.75) is 30.8 Å². The molecule has 3 rings (SSSR count). The zero-order chi connectivity index (χ0) is 16.8. The smallest absolute Gasteiger partial charge is 0.310 e. The van der Waals surface area contributed by atoms with Gasteiger partial charge >= 0.3 is 6.03 Å². The second kappa shape index (κ2) is 5.61. The fourth-order valence-electron chi connectivity index (χ4n) is 3.03. The Morgan fingerprint density at radius 1 is 1.09 bits per heavy atom. The molecule has 0 spiro atoms. The predicted molar refractivity (Wildman–Crippen MR) is 83.1 cm³/mol. The van der Waals surface area contributed by atoms with Crippen LogP contribution in [0.3, 0.4) is 0 Å². The average molecular weight is 337 g/mol. The molecule has 0 N–H and O–H groups in total. The molecule has 2 fully saturated rings. The van der Waals surface area contributed by atoms with Crippen LogP contribution in [0.5, 0.6) is 0 Å². The van der Waals surface area contributed by atoms with Crippen molar-refractivity contribution in [2.75, 3.05) is 19.6 Å². The number of hydrogen-bond acceptors (Lipinski definition) is 4. The number of hydrogen-bond donors (Lipinski definition) is 0. The molecule has 7 nitrogen and oxygen atoms in total. The lowest BCUT2D eigenvalue weighted by molar-refractivity contribution is -0.130. The molecule has 1 aromatic rings. The molecular weight excluding hydrogens is 318 g/mol. The number of carbonyl (C=O) groups excluding carboxylic acids is 2. The van der Waals surface area contributed by atoms with E-state index in [0.717, 1.165) is 0 Å². The number of urea groups is 1. The highest BCUT2D eigenvalue weighted by molar-refractivity contribution is 7.89. The molecular formula is C15H19N3O4S. The predicted octanol–water partition coefficient (Wildman–Crippen LogP) is 0.732. The molecule has 124 valence electrons. The highest BCUT2D eigenvalue weighted by Crippen LogP contribution is 2.26. The van der Waals surface area contributed by atoms with Crippen molar-refractivity contribution < 1.29 is 18.0 Å². The fourth-order valence-corrected chi connectivity index (χ4v) is 4.49. The van der Waals surface area contributed by atoms with E-state index < -0.39 is 16.1 Å². The summed E-state index contributed by atoms with van der Waals surface area (Å²) in [5, 5.41) is 0. The SMILES string of the molecule is CC(C)N1C(=O)C2CN(S(=O)(=O)c3ccccc3)CCN2C1=O. The fraction of sp³-hybridized carbons (Fsp3) is 0.467. The molecule has 0 aromatic heterocycles. The zero-order valence-corrected chi connectivity index (χ0v) is 13.9. The number of nitrogens with zero attached hydrogens (tertiary/aromatic N) is 3. The monoisotopic (exact) mass is 337 g/mol. The largest absolute Gasteiger partial charge is 0.327 e. The number of benzene rings is 1. The first kappa shape index (κ1) is 15.9. The lowest BCUT2D eigenvalue weighted by Gasteiger charge is -2.34. The van der Waals surface area contributed by atoms with E-state index in [1.165, 1.54) is 26.2 Å². The summed E-state index contributed by atoms with van der Waals surface area (Å²) in [6, 6.07) is 6.84. The van der Waals surface area contributed by atoms with Gasteiger partial charge in [0.1, 0.15) is 6.04 Å². The maximum Gasteiger partial charge on any atom is 0.327 e. The van der Waals surface area contributed by atoms with Gasteiger partial charge in [0.15, 0.2) is 0 Å². The summed E-state index contributed by atoms with van der Waals surface area (Å²) in [5.41, 5.74) is 0. The summed E-state index contributed by atoms with van der Waals surface area (Å²) in [6.45, 7) is 3.97. The lowest BCUT2D eigenvalue weighted by Crippen LogP contribution is -2.54. The summed E-state index contributed by atoms with van der Waals surface area (Å²) < 4.78 is 26.6. The van der Waals surface area contributed by atoms with Crippen LogP contribution in [-0.4, -0.2) is 66.2 Å². The first-order valence-corrected chi connectivity index (χ1v) is 8.97. The van der Waals surface area contributed by atoms with Gasteiger partial charge in [0.2, 0.25) is 10.0 Å². The van der Waals surface area contributed by atoms with Crippen molar-refractivity contribution >= 4 is 22.0 Å². The van der Waals surface area contributed by atoms with Crippen molar-refractivity contribution in [3.05, 3.63) is 30.3 Å². The molecule has 0 bridgehead atoms. The third-order valence-electron chi connectivity index (χ3n) is 4.21. The number of rotatable bonds is 3. The first-order chi connectivity index (χ1) is 10.8. The minimum Gasteiger partial charge on any atom is -0.310 e. The Bertz CT molecular complexity index is 732. The van der Waals surface area contributed by atoms with Crippen molar-refractivity contribution in [1.82, 2.24) is 14.1 Å². The maximum absolute atomic E-state index is 12.7. The molecule has 8 heteroatoms. The van der Waals surface area contributed by atoms with Gasteiger partial charge in [-0.2, -0.15) is 4.31 Å². The average Bonchev–Trinajstić information content (AvgIpc) is 2.79. The molecule has 2 heterocycles. The second-order valence-corrected chi connectivity index (χ2v) is 7.91. The van der Waals surface area contributed by atoms with E-state index in [4.69, 9.17) is 0 Å². The van der Waals surface area contributed by atoms with Crippen LogP contribution < -0.4 is 0 Å². The third kappa shape index (κ3) is 2.51. The minimum absolute atomic E-state index is 0.00498. The Balaban J connectivity index is 1.86. The summed E-state index contributed by atoms with van der Waals surface area (Å²) in [7, 11) is -3.65. The van der Waals surface area contributed by atoms with Gasteiger partial charge in [-0.3, -0.25) is 9.69 Å². The molecule has 1 aromatic carbocycles. The standard InChI is InChI=1S/C15H19N3O4S/c1-11(2)18-14(19)13-10-16(8-9-17(13)15(18)20)23(21,22)12-6-4-3-5-7-12/h3-7,11,13H,8-10H2,1-2H3. The van der Waals surface area contributed by atoms with Crippen molar-refractivity contribution in [2.24, 2.45) is 0 Å². The third-order valence-corrected chi connectivity index (χ3v) is 6.09. The Morgan fingerprint density at radius 3 is 2.35 bits per heavy atom. The van der Waals surface area contributed by atoms with Gasteiger partial charge < -0.3 is 4.90 Å². The van der Waals surface area contributed by atoms with Gasteiger partial charge in [-0.25, -0.2) is 13.2 Å². The van der Waals surface area contributed by atoms with E-state index in [2.05, 4.69) is 0 Å². The van der Waals surface area contributed by atoms with E-state index in [1.54, 1.807) is 32.0 Å². The summed E-state index contributed by atoms with van der Waals surface area (Å²) in [6.07, 6.45) is 0. The van der Waals surface area contributed by atoms with Crippen LogP contribution in [0.4, 0.5) is 4.79 Å². The molecule has 23 heavy (non-hydrogen) atoms. The molecule has 0 aliphatic carbocycles. The van der Waals surface area contributed by atoms with Crippen LogP contribution in [0, 0.1) is 0 Å². The van der Waals surface area contributed by atoms with Gasteiger partial charge in [-0.1, -0.05) is 18.2 Å². The number of sulfonamides is 1. The van der Waals surface area contributed by atoms with Crippen LogP contribution in [0.2, 0.25) is 0 Å². The summed E-state index contributed by atoms with van der Waals surface area (Å²) in [4.78, 5) is 27.6. The van der Waals surface area contributed by atoms with Crippen LogP contribution in [0.15, 0.2) is 35.2 Å². The lowest BCUT2D eigenvalue weighted by atomic mass is 10.2. The molecule has 2 aliphatic rings. The Kier molecular flexibility index (Phi) is 3.89. The van der Waals surface area contributed by atoms with Crippen molar-refractivity contribution in [3.8, 4) is 0 Å². The first-order valence-electron chi connectivity index (χ1n) is 7.53. The van der Waals surface area contributed by atoms with E-state index in [-0.39, 0.29) is 42.5 Å². The Morgan fingerprint density at radius 2 is 1.74 bits per heavy atom. The van der Waals surface area contributed by atoms with Crippen LogP contribution >= 0.6 is 0 Å². The maximum atomic E-state index is 12.7. The molecule has 2 saturated heterocycles. The normalized spacial score (nSPS) is 22.8. The molecule has 0 saturated carbocycles. The van der Waals surface area contributed by atoms with Gasteiger partial charge in [0.05, 0.1) is 4.90 Å². The van der Waals surface area contributed by atoms with Gasteiger partial charge in [0.25, 0.3) is 5.91 Å². The number of imide groups is 1. The van der Waals surface area contributed by atoms with Crippen molar-refractivity contribution in [1.29, 1.82) is 0 Å². The molecule has 2 aliphatic heterocycles. The van der Waals surface area contributed by atoms with Crippen LogP contribution in [-0.2, 0) is 14.8 Å². The van der Waals surface area contributed by atoms with E-state index in [9.17, 15) is 18.0 Å². The Labute approximate surface area is 135 Å². The minimum atomic E-state index is -3.65. The molecule has 0 radical (unpaired) electrons. The van der Waals surface area contributed by atoms with Crippen LogP contribution in [0.1, 0.15) is 13.8 Å². The van der Waals surface area contributed by atoms with Crippen molar-refractivity contribution in [3.63, 3.8) is 0 Å². The quantitative estimate of drug-likeness (QED) is 0.762. The molecule has 3 amide bonds. The molecule has 1 unspecified atom stereocenters. The van der Waals surface area contributed by atoms with Gasteiger partial charge in [-0.05, 0) is 26.0 Å². The number of amides is 3.